The number of benzene rings is 1. The zero-order valence-corrected chi connectivity index (χ0v) is 13.5. The molecule has 0 fully saturated rings. The first kappa shape index (κ1) is 18.5. The molecule has 1 unspecified atom stereocenters. The topological polar surface area (TPSA) is 26.0 Å². The van der Waals surface area contributed by atoms with Crippen LogP contribution in [0.3, 0.4) is 0 Å². The number of nitrogens with two attached hydrogens (primary N) is 1. The van der Waals surface area contributed by atoms with E-state index in [1.807, 2.05) is 0 Å². The van der Waals surface area contributed by atoms with E-state index in [0.717, 1.165) is 6.42 Å². The van der Waals surface area contributed by atoms with Crippen LogP contribution in [0.1, 0.15) is 58.4 Å². The Morgan fingerprint density at radius 1 is 1.05 bits per heavy atom. The highest BCUT2D eigenvalue weighted by Gasteiger charge is 2.24. The van der Waals surface area contributed by atoms with Crippen molar-refractivity contribution in [1.82, 2.24) is 0 Å². The monoisotopic (exact) mass is 283 g/mol. The van der Waals surface area contributed by atoms with Crippen LogP contribution in [0.5, 0.6) is 0 Å². The molecule has 0 heterocycles. The summed E-state index contributed by atoms with van der Waals surface area (Å²) in [6.45, 7) is 6.59. The average molecular weight is 284 g/mol. The molecule has 0 saturated heterocycles. The van der Waals surface area contributed by atoms with Crippen LogP contribution < -0.4 is 5.73 Å². The molecule has 1 rings (SSSR count). The minimum atomic E-state index is -0.0813. The van der Waals surface area contributed by atoms with Crippen LogP contribution in [-0.2, 0) is 6.42 Å². The Balaban J connectivity index is 0.00000324. The van der Waals surface area contributed by atoms with Crippen LogP contribution in [-0.4, -0.2) is 5.54 Å². The molecule has 0 amide bonds. The van der Waals surface area contributed by atoms with Gasteiger partial charge in [0.25, 0.3) is 0 Å². The summed E-state index contributed by atoms with van der Waals surface area (Å²) in [4.78, 5) is 0. The minimum Gasteiger partial charge on any atom is -0.325 e. The highest BCUT2D eigenvalue weighted by atomic mass is 35.5. The van der Waals surface area contributed by atoms with E-state index in [4.69, 9.17) is 5.73 Å². The Labute approximate surface area is 125 Å². The molecule has 0 bridgehead atoms. The lowest BCUT2D eigenvalue weighted by Gasteiger charge is -2.31. The molecule has 0 spiro atoms. The number of hydrogen-bond donors (Lipinski definition) is 1. The summed E-state index contributed by atoms with van der Waals surface area (Å²) in [6.07, 6.45) is 7.66. The van der Waals surface area contributed by atoms with Gasteiger partial charge in [0.15, 0.2) is 0 Å². The molecule has 0 aliphatic rings. The SMILES string of the molecule is CCCCCCC(Cc1ccccc1)C(C)(C)N.Cl. The van der Waals surface area contributed by atoms with Crippen molar-refractivity contribution in [2.24, 2.45) is 11.7 Å². The normalized spacial score (nSPS) is 12.8. The third-order valence-corrected chi connectivity index (χ3v) is 3.78. The highest BCUT2D eigenvalue weighted by molar-refractivity contribution is 5.85. The van der Waals surface area contributed by atoms with E-state index >= 15 is 0 Å². The minimum absolute atomic E-state index is 0. The van der Waals surface area contributed by atoms with E-state index in [-0.39, 0.29) is 17.9 Å². The van der Waals surface area contributed by atoms with Gasteiger partial charge in [-0.05, 0) is 38.2 Å². The second-order valence-corrected chi connectivity index (χ2v) is 6.06. The van der Waals surface area contributed by atoms with Crippen LogP contribution >= 0.6 is 12.4 Å². The fraction of sp³-hybridized carbons (Fsp3) is 0.647. The van der Waals surface area contributed by atoms with Crippen molar-refractivity contribution in [3.63, 3.8) is 0 Å². The van der Waals surface area contributed by atoms with E-state index in [9.17, 15) is 0 Å². The summed E-state index contributed by atoms with van der Waals surface area (Å²) in [5.41, 5.74) is 7.67. The van der Waals surface area contributed by atoms with Crippen molar-refractivity contribution in [2.75, 3.05) is 0 Å². The summed E-state index contributed by atoms with van der Waals surface area (Å²) in [5, 5.41) is 0. The average Bonchev–Trinajstić information content (AvgIpc) is 2.33. The summed E-state index contributed by atoms with van der Waals surface area (Å²) in [7, 11) is 0. The number of hydrogen-bond acceptors (Lipinski definition) is 1. The number of unbranched alkanes of at least 4 members (excludes halogenated alkanes) is 3. The summed E-state index contributed by atoms with van der Waals surface area (Å²) >= 11 is 0. The van der Waals surface area contributed by atoms with Gasteiger partial charge in [0.05, 0.1) is 0 Å². The molecule has 0 saturated carbocycles. The van der Waals surface area contributed by atoms with Crippen molar-refractivity contribution in [2.45, 2.75) is 64.8 Å². The number of halogens is 1. The lowest BCUT2D eigenvalue weighted by Crippen LogP contribution is -2.42. The van der Waals surface area contributed by atoms with Gasteiger partial charge in [0.1, 0.15) is 0 Å². The lowest BCUT2D eigenvalue weighted by molar-refractivity contribution is 0.290. The molecular formula is C17H30ClN. The van der Waals surface area contributed by atoms with Crippen molar-refractivity contribution in [1.29, 1.82) is 0 Å². The van der Waals surface area contributed by atoms with E-state index < -0.39 is 0 Å². The third-order valence-electron chi connectivity index (χ3n) is 3.78. The second-order valence-electron chi connectivity index (χ2n) is 6.06. The molecule has 0 aromatic heterocycles. The smallest absolute Gasteiger partial charge is 0.0129 e. The fourth-order valence-electron chi connectivity index (χ4n) is 2.45. The van der Waals surface area contributed by atoms with Crippen LogP contribution in [0.2, 0.25) is 0 Å². The molecule has 1 nitrogen and oxygen atoms in total. The summed E-state index contributed by atoms with van der Waals surface area (Å²) in [5.74, 6) is 0.580. The summed E-state index contributed by atoms with van der Waals surface area (Å²) < 4.78 is 0. The molecule has 1 aromatic rings. The van der Waals surface area contributed by atoms with E-state index in [0.29, 0.717) is 5.92 Å². The Kier molecular flexibility index (Phi) is 9.12. The zero-order chi connectivity index (χ0) is 13.4. The van der Waals surface area contributed by atoms with Gasteiger partial charge < -0.3 is 5.73 Å². The molecule has 0 radical (unpaired) electrons. The Morgan fingerprint density at radius 3 is 2.21 bits per heavy atom. The van der Waals surface area contributed by atoms with Gasteiger partial charge in [0, 0.05) is 5.54 Å². The van der Waals surface area contributed by atoms with Crippen molar-refractivity contribution < 1.29 is 0 Å². The van der Waals surface area contributed by atoms with Crippen LogP contribution in [0.4, 0.5) is 0 Å². The first-order valence-corrected chi connectivity index (χ1v) is 7.37. The van der Waals surface area contributed by atoms with Crippen molar-refractivity contribution >= 4 is 12.4 Å². The van der Waals surface area contributed by atoms with E-state index in [2.05, 4.69) is 51.1 Å². The van der Waals surface area contributed by atoms with E-state index in [1.54, 1.807) is 0 Å². The van der Waals surface area contributed by atoms with Crippen LogP contribution in [0.25, 0.3) is 0 Å². The van der Waals surface area contributed by atoms with Gasteiger partial charge in [-0.15, -0.1) is 12.4 Å². The van der Waals surface area contributed by atoms with Gasteiger partial charge in [-0.3, -0.25) is 0 Å². The largest absolute Gasteiger partial charge is 0.325 e. The Hall–Kier alpha value is -0.530. The summed E-state index contributed by atoms with van der Waals surface area (Å²) in [6, 6.07) is 10.7. The third kappa shape index (κ3) is 7.59. The standard InChI is InChI=1S/C17H29N.ClH/c1-4-5-6-10-13-16(17(2,3)18)14-15-11-8-7-9-12-15;/h7-9,11-12,16H,4-6,10,13-14,18H2,1-3H3;1H. The molecule has 1 atom stereocenters. The first-order valence-electron chi connectivity index (χ1n) is 7.37. The van der Waals surface area contributed by atoms with Gasteiger partial charge in [-0.2, -0.15) is 0 Å². The molecule has 0 aliphatic heterocycles. The van der Waals surface area contributed by atoms with Crippen molar-refractivity contribution in [3.05, 3.63) is 35.9 Å². The quantitative estimate of drug-likeness (QED) is 0.670. The van der Waals surface area contributed by atoms with Crippen molar-refractivity contribution in [3.8, 4) is 0 Å². The van der Waals surface area contributed by atoms with Crippen LogP contribution in [0.15, 0.2) is 30.3 Å². The maximum absolute atomic E-state index is 6.34. The molecule has 1 aromatic carbocycles. The second kappa shape index (κ2) is 9.39. The Morgan fingerprint density at radius 2 is 1.68 bits per heavy atom. The molecular weight excluding hydrogens is 254 g/mol. The predicted molar refractivity (Wildman–Crippen MR) is 87.9 cm³/mol. The molecule has 0 aliphatic carbocycles. The lowest BCUT2D eigenvalue weighted by atomic mass is 9.80. The molecule has 110 valence electrons. The highest BCUT2D eigenvalue weighted by Crippen LogP contribution is 2.25. The fourth-order valence-corrected chi connectivity index (χ4v) is 2.45. The van der Waals surface area contributed by atoms with E-state index in [1.165, 1.54) is 37.7 Å². The van der Waals surface area contributed by atoms with Gasteiger partial charge in [0.2, 0.25) is 0 Å². The van der Waals surface area contributed by atoms with Gasteiger partial charge in [-0.1, -0.05) is 62.9 Å². The maximum atomic E-state index is 6.34. The van der Waals surface area contributed by atoms with Gasteiger partial charge in [-0.25, -0.2) is 0 Å². The zero-order valence-electron chi connectivity index (χ0n) is 12.7. The maximum Gasteiger partial charge on any atom is 0.0129 e. The van der Waals surface area contributed by atoms with Gasteiger partial charge >= 0.3 is 0 Å². The molecule has 2 N–H and O–H groups in total. The predicted octanol–water partition coefficient (Wildman–Crippen LogP) is 4.97. The first-order chi connectivity index (χ1) is 8.54. The molecule has 2 heteroatoms. The number of rotatable bonds is 8. The molecule has 19 heavy (non-hydrogen) atoms. The van der Waals surface area contributed by atoms with Crippen LogP contribution in [0, 0.1) is 5.92 Å². The Bertz CT molecular complexity index is 316.